The molecule has 3 heteroatoms. The molecule has 1 aromatic rings. The summed E-state index contributed by atoms with van der Waals surface area (Å²) in [5, 5.41) is 6.50. The lowest BCUT2D eigenvalue weighted by atomic mass is 10.0. The summed E-state index contributed by atoms with van der Waals surface area (Å²) in [6, 6.07) is 4.35. The molecule has 19 heavy (non-hydrogen) atoms. The molecule has 100 valence electrons. The van der Waals surface area contributed by atoms with Crippen LogP contribution in [0.15, 0.2) is 41.9 Å². The van der Waals surface area contributed by atoms with Gasteiger partial charge in [0.1, 0.15) is 5.82 Å². The molecule has 0 fully saturated rings. The zero-order valence-corrected chi connectivity index (χ0v) is 12.4. The van der Waals surface area contributed by atoms with E-state index in [9.17, 15) is 0 Å². The van der Waals surface area contributed by atoms with Gasteiger partial charge in [-0.3, -0.25) is 0 Å². The van der Waals surface area contributed by atoms with Crippen LogP contribution in [0.2, 0.25) is 0 Å². The molecule has 0 saturated carbocycles. The Morgan fingerprint density at radius 1 is 0.947 bits per heavy atom. The molecule has 3 nitrogen and oxygen atoms in total. The van der Waals surface area contributed by atoms with Gasteiger partial charge in [0.25, 0.3) is 0 Å². The number of hydrazone groups is 1. The van der Waals surface area contributed by atoms with Crippen molar-refractivity contribution < 1.29 is 0 Å². The van der Waals surface area contributed by atoms with E-state index >= 15 is 0 Å². The Hall–Kier alpha value is -2.03. The molecule has 0 aromatic heterocycles. The quantitative estimate of drug-likeness (QED) is 0.761. The molecule has 1 heterocycles. The zero-order valence-electron chi connectivity index (χ0n) is 12.4. The molecule has 0 spiro atoms. The fraction of sp³-hybridized carbons (Fsp3) is 0.312. The number of hydrogen-bond acceptors (Lipinski definition) is 3. The molecule has 1 aliphatic rings. The van der Waals surface area contributed by atoms with Gasteiger partial charge in [0, 0.05) is 7.05 Å². The molecular weight excluding hydrogens is 234 g/mol. The average molecular weight is 255 g/mol. The zero-order chi connectivity index (χ0) is 14.3. The van der Waals surface area contributed by atoms with Gasteiger partial charge in [-0.1, -0.05) is 19.2 Å². The maximum atomic E-state index is 4.61. The van der Waals surface area contributed by atoms with E-state index in [1.54, 1.807) is 0 Å². The summed E-state index contributed by atoms with van der Waals surface area (Å²) >= 11 is 0. The summed E-state index contributed by atoms with van der Waals surface area (Å²) in [5.74, 6) is 0.821. The van der Waals surface area contributed by atoms with Crippen LogP contribution in [0.25, 0.3) is 0 Å². The summed E-state index contributed by atoms with van der Waals surface area (Å²) in [6.45, 7) is 16.4. The van der Waals surface area contributed by atoms with Crippen molar-refractivity contribution in [2.75, 3.05) is 12.1 Å². The molecule has 0 amide bonds. The van der Waals surface area contributed by atoms with Gasteiger partial charge in [-0.25, -0.2) is 5.01 Å². The normalized spacial score (nSPS) is 15.9. The first-order chi connectivity index (χ1) is 8.82. The van der Waals surface area contributed by atoms with E-state index < -0.39 is 0 Å². The van der Waals surface area contributed by atoms with Gasteiger partial charge in [0.05, 0.1) is 17.1 Å². The third kappa shape index (κ3) is 2.16. The fourth-order valence-corrected chi connectivity index (χ4v) is 2.17. The summed E-state index contributed by atoms with van der Waals surface area (Å²) in [4.78, 5) is 1.97. The van der Waals surface area contributed by atoms with Crippen LogP contribution < -0.4 is 5.01 Å². The van der Waals surface area contributed by atoms with E-state index in [4.69, 9.17) is 0 Å². The van der Waals surface area contributed by atoms with Crippen LogP contribution in [0.1, 0.15) is 23.6 Å². The van der Waals surface area contributed by atoms with Crippen LogP contribution in [0.3, 0.4) is 0 Å². The second-order valence-corrected chi connectivity index (χ2v) is 5.14. The second kappa shape index (κ2) is 4.57. The number of nitrogens with zero attached hydrogens (tertiary/aromatic N) is 3. The predicted octanol–water partition coefficient (Wildman–Crippen LogP) is 3.72. The topological polar surface area (TPSA) is 18.8 Å². The second-order valence-electron chi connectivity index (χ2n) is 5.14. The van der Waals surface area contributed by atoms with Crippen molar-refractivity contribution in [2.45, 2.75) is 27.7 Å². The molecule has 0 radical (unpaired) electrons. The number of rotatable bonds is 1. The Morgan fingerprint density at radius 3 is 2.16 bits per heavy atom. The predicted molar refractivity (Wildman–Crippen MR) is 82.3 cm³/mol. The highest BCUT2D eigenvalue weighted by molar-refractivity contribution is 5.99. The monoisotopic (exact) mass is 255 g/mol. The van der Waals surface area contributed by atoms with Crippen molar-refractivity contribution in [3.8, 4) is 0 Å². The Kier molecular flexibility index (Phi) is 3.23. The lowest BCUT2D eigenvalue weighted by molar-refractivity contribution is 0.509. The highest BCUT2D eigenvalue weighted by Gasteiger charge is 2.23. The molecule has 0 atom stereocenters. The molecule has 1 aromatic carbocycles. The molecule has 0 bridgehead atoms. The average Bonchev–Trinajstić information content (AvgIpc) is 2.36. The van der Waals surface area contributed by atoms with Crippen LogP contribution in [0, 0.1) is 20.8 Å². The maximum absolute atomic E-state index is 4.61. The van der Waals surface area contributed by atoms with Gasteiger partial charge in [-0.2, -0.15) is 5.10 Å². The van der Waals surface area contributed by atoms with Crippen molar-refractivity contribution in [1.82, 2.24) is 4.90 Å². The van der Waals surface area contributed by atoms with Crippen molar-refractivity contribution in [2.24, 2.45) is 5.10 Å². The van der Waals surface area contributed by atoms with Gasteiger partial charge < -0.3 is 4.90 Å². The molecule has 0 N–H and O–H groups in total. The molecule has 0 unspecified atom stereocenters. The van der Waals surface area contributed by atoms with Crippen molar-refractivity contribution >= 4 is 11.4 Å². The summed E-state index contributed by atoms with van der Waals surface area (Å²) < 4.78 is 0. The lowest BCUT2D eigenvalue weighted by Crippen LogP contribution is -2.36. The molecule has 2 rings (SSSR count). The molecule has 0 saturated heterocycles. The van der Waals surface area contributed by atoms with Gasteiger partial charge in [-0.05, 0) is 50.5 Å². The van der Waals surface area contributed by atoms with Crippen LogP contribution in [0.5, 0.6) is 0 Å². The first kappa shape index (κ1) is 13.4. The summed E-state index contributed by atoms with van der Waals surface area (Å²) in [6.07, 6.45) is 0. The van der Waals surface area contributed by atoms with E-state index in [1.807, 2.05) is 23.9 Å². The Labute approximate surface area is 115 Å². The van der Waals surface area contributed by atoms with Crippen LogP contribution in [-0.2, 0) is 0 Å². The van der Waals surface area contributed by atoms with Gasteiger partial charge in [0.2, 0.25) is 0 Å². The first-order valence-electron chi connectivity index (χ1n) is 6.38. The molecular formula is C16H21N3. The smallest absolute Gasteiger partial charge is 0.127 e. The van der Waals surface area contributed by atoms with Crippen molar-refractivity contribution in [3.63, 3.8) is 0 Å². The van der Waals surface area contributed by atoms with Crippen molar-refractivity contribution in [1.29, 1.82) is 0 Å². The van der Waals surface area contributed by atoms with E-state index in [1.165, 1.54) is 16.7 Å². The fourth-order valence-electron chi connectivity index (χ4n) is 2.17. The molecule has 0 aliphatic carbocycles. The minimum Gasteiger partial charge on any atom is -0.329 e. The third-order valence-electron chi connectivity index (χ3n) is 3.74. The molecule has 1 aliphatic heterocycles. The minimum absolute atomic E-state index is 0.821. The largest absolute Gasteiger partial charge is 0.329 e. The Bertz CT molecular complexity index is 596. The van der Waals surface area contributed by atoms with E-state index in [2.05, 4.69) is 51.2 Å². The number of hydrogen-bond donors (Lipinski definition) is 0. The minimum atomic E-state index is 0.821. The summed E-state index contributed by atoms with van der Waals surface area (Å²) in [7, 11) is 1.96. The Balaban J connectivity index is 2.56. The van der Waals surface area contributed by atoms with Crippen LogP contribution in [0.4, 0.5) is 5.69 Å². The SMILES string of the molecule is C=C1C(C)=NN(c2cc(C)c(C)cc2C)C(=C)N1C. The highest BCUT2D eigenvalue weighted by atomic mass is 15.5. The third-order valence-corrected chi connectivity index (χ3v) is 3.74. The van der Waals surface area contributed by atoms with E-state index in [0.717, 1.165) is 22.9 Å². The number of benzene rings is 1. The van der Waals surface area contributed by atoms with Gasteiger partial charge >= 0.3 is 0 Å². The number of allylic oxidation sites excluding steroid dienone is 1. The van der Waals surface area contributed by atoms with E-state index in [-0.39, 0.29) is 0 Å². The highest BCUT2D eigenvalue weighted by Crippen LogP contribution is 2.31. The number of aryl methyl sites for hydroxylation is 3. The number of anilines is 1. The standard InChI is InChI=1S/C16H21N3/c1-10-8-12(3)16(9-11(10)2)19-15(6)18(7)14(5)13(4)17-19/h8-9H,5-6H2,1-4,7H3. The lowest BCUT2D eigenvalue weighted by Gasteiger charge is -2.36. The van der Waals surface area contributed by atoms with Crippen LogP contribution in [-0.4, -0.2) is 17.7 Å². The Morgan fingerprint density at radius 2 is 1.53 bits per heavy atom. The van der Waals surface area contributed by atoms with Crippen molar-refractivity contribution in [3.05, 3.63) is 53.5 Å². The maximum Gasteiger partial charge on any atom is 0.127 e. The van der Waals surface area contributed by atoms with Gasteiger partial charge in [0.15, 0.2) is 0 Å². The van der Waals surface area contributed by atoms with E-state index in [0.29, 0.717) is 0 Å². The van der Waals surface area contributed by atoms with Gasteiger partial charge in [-0.15, -0.1) is 0 Å². The first-order valence-corrected chi connectivity index (χ1v) is 6.38. The summed E-state index contributed by atoms with van der Waals surface area (Å²) in [5.41, 5.74) is 6.62. The van der Waals surface area contributed by atoms with Crippen LogP contribution >= 0.6 is 0 Å².